The molecule has 2 N–H and O–H groups in total. The van der Waals surface area contributed by atoms with E-state index >= 15 is 0 Å². The second kappa shape index (κ2) is 6.23. The molecule has 0 bridgehead atoms. The summed E-state index contributed by atoms with van der Waals surface area (Å²) in [5.74, 6) is -1.48. The number of carbonyl (C=O) groups excluding carboxylic acids is 2. The van der Waals surface area contributed by atoms with Crippen molar-refractivity contribution in [2.45, 2.75) is 17.7 Å². The van der Waals surface area contributed by atoms with Crippen molar-refractivity contribution in [1.82, 2.24) is 4.31 Å². The van der Waals surface area contributed by atoms with E-state index in [9.17, 15) is 18.0 Å². The summed E-state index contributed by atoms with van der Waals surface area (Å²) < 4.78 is 30.6. The van der Waals surface area contributed by atoms with Crippen LogP contribution < -0.4 is 5.73 Å². The Morgan fingerprint density at radius 3 is 2.24 bits per heavy atom. The molecule has 0 radical (unpaired) electrons. The van der Waals surface area contributed by atoms with Crippen LogP contribution in [-0.4, -0.2) is 44.3 Å². The average molecular weight is 312 g/mol. The highest BCUT2D eigenvalue weighted by Crippen LogP contribution is 2.21. The van der Waals surface area contributed by atoms with Gasteiger partial charge in [0.15, 0.2) is 6.61 Å². The minimum Gasteiger partial charge on any atom is -0.452 e. The van der Waals surface area contributed by atoms with Gasteiger partial charge >= 0.3 is 5.97 Å². The van der Waals surface area contributed by atoms with Crippen molar-refractivity contribution < 1.29 is 22.7 Å². The van der Waals surface area contributed by atoms with Crippen molar-refractivity contribution in [1.29, 1.82) is 0 Å². The molecule has 0 spiro atoms. The predicted octanol–water partition coefficient (Wildman–Crippen LogP) is 0.113. The van der Waals surface area contributed by atoms with E-state index in [1.807, 2.05) is 0 Å². The molecule has 0 unspecified atom stereocenters. The summed E-state index contributed by atoms with van der Waals surface area (Å²) >= 11 is 0. The smallest absolute Gasteiger partial charge is 0.338 e. The first-order valence-corrected chi connectivity index (χ1v) is 7.91. The Morgan fingerprint density at radius 1 is 1.14 bits per heavy atom. The monoisotopic (exact) mass is 312 g/mol. The van der Waals surface area contributed by atoms with Gasteiger partial charge in [-0.3, -0.25) is 4.79 Å². The fraction of sp³-hybridized carbons (Fsp3) is 0.385. The molecule has 0 aliphatic carbocycles. The first kappa shape index (κ1) is 15.5. The number of hydrogen-bond donors (Lipinski definition) is 1. The molecule has 1 heterocycles. The van der Waals surface area contributed by atoms with Gasteiger partial charge in [-0.25, -0.2) is 13.2 Å². The Balaban J connectivity index is 2.11. The van der Waals surface area contributed by atoms with Crippen LogP contribution >= 0.6 is 0 Å². The van der Waals surface area contributed by atoms with Gasteiger partial charge in [0.1, 0.15) is 0 Å². The van der Waals surface area contributed by atoms with Crippen LogP contribution in [0.15, 0.2) is 29.2 Å². The van der Waals surface area contributed by atoms with E-state index in [4.69, 9.17) is 5.73 Å². The highest BCUT2D eigenvalue weighted by atomic mass is 32.2. The Morgan fingerprint density at radius 2 is 1.71 bits per heavy atom. The highest BCUT2D eigenvalue weighted by molar-refractivity contribution is 7.89. The number of amides is 1. The SMILES string of the molecule is NC(=O)COC(=O)c1ccc(S(=O)(=O)N2CCCC2)cc1. The Bertz CT molecular complexity index is 633. The van der Waals surface area contributed by atoms with E-state index in [0.29, 0.717) is 13.1 Å². The van der Waals surface area contributed by atoms with E-state index in [1.54, 1.807) is 0 Å². The highest BCUT2D eigenvalue weighted by Gasteiger charge is 2.27. The number of sulfonamides is 1. The minimum absolute atomic E-state index is 0.135. The lowest BCUT2D eigenvalue weighted by Gasteiger charge is -2.15. The number of benzene rings is 1. The third kappa shape index (κ3) is 3.59. The number of nitrogens with two attached hydrogens (primary N) is 1. The van der Waals surface area contributed by atoms with Crippen molar-refractivity contribution in [3.8, 4) is 0 Å². The van der Waals surface area contributed by atoms with E-state index in [1.165, 1.54) is 28.6 Å². The lowest BCUT2D eigenvalue weighted by atomic mass is 10.2. The van der Waals surface area contributed by atoms with Crippen molar-refractivity contribution in [3.63, 3.8) is 0 Å². The fourth-order valence-electron chi connectivity index (χ4n) is 2.06. The van der Waals surface area contributed by atoms with Gasteiger partial charge in [-0.1, -0.05) is 0 Å². The van der Waals surface area contributed by atoms with E-state index in [-0.39, 0.29) is 10.5 Å². The summed E-state index contributed by atoms with van der Waals surface area (Å²) in [7, 11) is -3.50. The van der Waals surface area contributed by atoms with Crippen molar-refractivity contribution in [2.75, 3.05) is 19.7 Å². The maximum atomic E-state index is 12.3. The fourth-order valence-corrected chi connectivity index (χ4v) is 3.58. The summed E-state index contributed by atoms with van der Waals surface area (Å²) in [5.41, 5.74) is 5.03. The van der Waals surface area contributed by atoms with Crippen LogP contribution in [0.2, 0.25) is 0 Å². The second-order valence-electron chi connectivity index (χ2n) is 4.68. The number of hydrogen-bond acceptors (Lipinski definition) is 5. The van der Waals surface area contributed by atoms with Crippen molar-refractivity contribution in [2.24, 2.45) is 5.73 Å². The summed E-state index contributed by atoms with van der Waals surface area (Å²) in [6.07, 6.45) is 1.72. The minimum atomic E-state index is -3.50. The van der Waals surface area contributed by atoms with Gasteiger partial charge in [0.05, 0.1) is 10.5 Å². The molecule has 1 saturated heterocycles. The summed E-state index contributed by atoms with van der Waals surface area (Å²) in [4.78, 5) is 22.2. The number of esters is 1. The first-order valence-electron chi connectivity index (χ1n) is 6.47. The molecule has 1 amide bonds. The largest absolute Gasteiger partial charge is 0.452 e. The number of ether oxygens (including phenoxy) is 1. The normalized spacial score (nSPS) is 15.8. The van der Waals surface area contributed by atoms with Crippen molar-refractivity contribution >= 4 is 21.9 Å². The third-order valence-electron chi connectivity index (χ3n) is 3.14. The van der Waals surface area contributed by atoms with Crippen LogP contribution in [0.1, 0.15) is 23.2 Å². The second-order valence-corrected chi connectivity index (χ2v) is 6.62. The quantitative estimate of drug-likeness (QED) is 0.777. The Labute approximate surface area is 122 Å². The van der Waals surface area contributed by atoms with Crippen LogP contribution in [0.4, 0.5) is 0 Å². The number of primary amides is 1. The molecular formula is C13H16N2O5S. The molecule has 21 heavy (non-hydrogen) atoms. The van der Waals surface area contributed by atoms with Crippen molar-refractivity contribution in [3.05, 3.63) is 29.8 Å². The Hall–Kier alpha value is -1.93. The molecule has 2 rings (SSSR count). The maximum Gasteiger partial charge on any atom is 0.338 e. The molecule has 1 fully saturated rings. The zero-order chi connectivity index (χ0) is 15.5. The maximum absolute atomic E-state index is 12.3. The molecule has 1 aliphatic heterocycles. The third-order valence-corrected chi connectivity index (χ3v) is 5.05. The number of carbonyl (C=O) groups is 2. The lowest BCUT2D eigenvalue weighted by molar-refractivity contribution is -0.121. The van der Waals surface area contributed by atoms with Gasteiger partial charge < -0.3 is 10.5 Å². The van der Waals surface area contributed by atoms with Crippen LogP contribution in [0, 0.1) is 0 Å². The zero-order valence-corrected chi connectivity index (χ0v) is 12.1. The van der Waals surface area contributed by atoms with E-state index in [2.05, 4.69) is 4.74 Å². The summed E-state index contributed by atoms with van der Waals surface area (Å²) in [6, 6.07) is 5.42. The molecule has 0 atom stereocenters. The van der Waals surface area contributed by atoms with Crippen LogP contribution in [0.5, 0.6) is 0 Å². The molecule has 0 saturated carbocycles. The van der Waals surface area contributed by atoms with Gasteiger partial charge in [-0.15, -0.1) is 0 Å². The number of nitrogens with zero attached hydrogens (tertiary/aromatic N) is 1. The molecule has 114 valence electrons. The van der Waals surface area contributed by atoms with Gasteiger partial charge in [0.25, 0.3) is 5.91 Å². The molecule has 0 aromatic heterocycles. The molecule has 7 nitrogen and oxygen atoms in total. The summed E-state index contributed by atoms with van der Waals surface area (Å²) in [5, 5.41) is 0. The Kier molecular flexibility index (Phi) is 4.59. The van der Waals surface area contributed by atoms with Gasteiger partial charge in [-0.05, 0) is 37.1 Å². The molecular weight excluding hydrogens is 296 g/mol. The molecule has 1 aromatic rings. The van der Waals surface area contributed by atoms with Gasteiger partial charge in [0, 0.05) is 13.1 Å². The molecule has 1 aromatic carbocycles. The van der Waals surface area contributed by atoms with E-state index < -0.39 is 28.5 Å². The van der Waals surface area contributed by atoms with Crippen LogP contribution in [0.25, 0.3) is 0 Å². The standard InChI is InChI=1S/C13H16N2O5S/c14-12(16)9-20-13(17)10-3-5-11(6-4-10)21(18,19)15-7-1-2-8-15/h3-6H,1-2,7-9H2,(H2,14,16). The van der Waals surface area contributed by atoms with Crippen LogP contribution in [0.3, 0.4) is 0 Å². The summed E-state index contributed by atoms with van der Waals surface area (Å²) in [6.45, 7) is 0.530. The number of rotatable bonds is 5. The van der Waals surface area contributed by atoms with E-state index in [0.717, 1.165) is 12.8 Å². The first-order chi connectivity index (χ1) is 9.91. The lowest BCUT2D eigenvalue weighted by Crippen LogP contribution is -2.27. The topological polar surface area (TPSA) is 107 Å². The average Bonchev–Trinajstić information content (AvgIpc) is 2.99. The molecule has 8 heteroatoms. The van der Waals surface area contributed by atoms with Gasteiger partial charge in [0.2, 0.25) is 10.0 Å². The zero-order valence-electron chi connectivity index (χ0n) is 11.3. The van der Waals surface area contributed by atoms with Gasteiger partial charge in [-0.2, -0.15) is 4.31 Å². The predicted molar refractivity (Wildman–Crippen MR) is 73.9 cm³/mol. The molecule has 1 aliphatic rings. The van der Waals surface area contributed by atoms with Crippen LogP contribution in [-0.2, 0) is 19.6 Å².